The van der Waals surface area contributed by atoms with E-state index in [1.54, 1.807) is 10.8 Å². The molecule has 16 heavy (non-hydrogen) atoms. The lowest BCUT2D eigenvalue weighted by Gasteiger charge is -2.34. The zero-order valence-corrected chi connectivity index (χ0v) is 9.67. The molecular formula is C10H14N6. The summed E-state index contributed by atoms with van der Waals surface area (Å²) in [6, 6.07) is 0. The van der Waals surface area contributed by atoms with E-state index in [9.17, 15) is 0 Å². The number of likely N-dealkylation sites (N-methyl/N-ethyl adjacent to an activating group) is 2. The Kier molecular flexibility index (Phi) is 1.80. The van der Waals surface area contributed by atoms with Crippen molar-refractivity contribution >= 4 is 17.3 Å². The molecule has 0 aliphatic carbocycles. The van der Waals surface area contributed by atoms with Crippen LogP contribution in [0.1, 0.15) is 5.69 Å². The van der Waals surface area contributed by atoms with Crippen LogP contribution in [0.2, 0.25) is 0 Å². The topological polar surface area (TPSA) is 49.6 Å². The molecule has 0 amide bonds. The minimum Gasteiger partial charge on any atom is -0.368 e. The predicted molar refractivity (Wildman–Crippen MR) is 62.1 cm³/mol. The van der Waals surface area contributed by atoms with Crippen LogP contribution >= 0.6 is 0 Å². The van der Waals surface area contributed by atoms with E-state index in [1.807, 2.05) is 6.92 Å². The van der Waals surface area contributed by atoms with Crippen LogP contribution in [0.15, 0.2) is 6.33 Å². The van der Waals surface area contributed by atoms with Gasteiger partial charge in [0, 0.05) is 27.2 Å². The highest BCUT2D eigenvalue weighted by atomic mass is 15.4. The zero-order valence-electron chi connectivity index (χ0n) is 9.67. The van der Waals surface area contributed by atoms with E-state index in [2.05, 4.69) is 39.0 Å². The highest BCUT2D eigenvalue weighted by Gasteiger charge is 2.24. The first-order chi connectivity index (χ1) is 7.68. The summed E-state index contributed by atoms with van der Waals surface area (Å²) in [4.78, 5) is 13.0. The largest absolute Gasteiger partial charge is 0.368 e. The van der Waals surface area contributed by atoms with Crippen LogP contribution in [0.3, 0.4) is 0 Å². The molecule has 1 aliphatic heterocycles. The summed E-state index contributed by atoms with van der Waals surface area (Å²) < 4.78 is 1.80. The third-order valence-corrected chi connectivity index (χ3v) is 3.07. The van der Waals surface area contributed by atoms with Crippen LogP contribution in [-0.4, -0.2) is 46.8 Å². The maximum absolute atomic E-state index is 4.45. The Morgan fingerprint density at radius 1 is 1.19 bits per heavy atom. The molecule has 0 saturated carbocycles. The molecule has 3 heterocycles. The Labute approximate surface area is 93.5 Å². The van der Waals surface area contributed by atoms with Gasteiger partial charge in [0.25, 0.3) is 5.78 Å². The Hall–Kier alpha value is -1.85. The van der Waals surface area contributed by atoms with Gasteiger partial charge in [0.05, 0.1) is 5.69 Å². The summed E-state index contributed by atoms with van der Waals surface area (Å²) in [5, 5.41) is 4.23. The van der Waals surface area contributed by atoms with Gasteiger partial charge in [0.15, 0.2) is 5.82 Å². The smallest absolute Gasteiger partial charge is 0.254 e. The fourth-order valence-electron chi connectivity index (χ4n) is 2.23. The molecule has 0 atom stereocenters. The molecule has 6 nitrogen and oxygen atoms in total. The summed E-state index contributed by atoms with van der Waals surface area (Å²) in [6.45, 7) is 4.01. The maximum atomic E-state index is 4.45. The Morgan fingerprint density at radius 3 is 2.75 bits per heavy atom. The summed E-state index contributed by atoms with van der Waals surface area (Å²) in [6.07, 6.45) is 1.55. The second-order valence-corrected chi connectivity index (χ2v) is 4.18. The van der Waals surface area contributed by atoms with Crippen LogP contribution < -0.4 is 9.80 Å². The molecule has 1 aliphatic rings. The van der Waals surface area contributed by atoms with E-state index in [1.165, 1.54) is 0 Å². The summed E-state index contributed by atoms with van der Waals surface area (Å²) in [7, 11) is 4.16. The van der Waals surface area contributed by atoms with Crippen molar-refractivity contribution in [3.8, 4) is 0 Å². The number of anilines is 2. The molecule has 0 saturated heterocycles. The number of hydrogen-bond donors (Lipinski definition) is 0. The van der Waals surface area contributed by atoms with Crippen molar-refractivity contribution < 1.29 is 0 Å². The molecule has 3 rings (SSSR count). The van der Waals surface area contributed by atoms with Gasteiger partial charge in [-0.15, -0.1) is 0 Å². The number of hydrogen-bond acceptors (Lipinski definition) is 5. The summed E-state index contributed by atoms with van der Waals surface area (Å²) in [5.41, 5.74) is 2.15. The average Bonchev–Trinajstić information content (AvgIpc) is 2.70. The van der Waals surface area contributed by atoms with E-state index in [-0.39, 0.29) is 0 Å². The van der Waals surface area contributed by atoms with Gasteiger partial charge in [-0.25, -0.2) is 4.98 Å². The van der Waals surface area contributed by atoms with Crippen LogP contribution in [0.4, 0.5) is 11.5 Å². The SMILES string of the molecule is Cc1nc2ncnn2c2c1N(C)CCN2C. The first-order valence-electron chi connectivity index (χ1n) is 5.31. The highest BCUT2D eigenvalue weighted by molar-refractivity contribution is 5.73. The van der Waals surface area contributed by atoms with Crippen LogP contribution in [0, 0.1) is 6.92 Å². The van der Waals surface area contributed by atoms with Crippen molar-refractivity contribution in [2.24, 2.45) is 0 Å². The molecule has 0 radical (unpaired) electrons. The van der Waals surface area contributed by atoms with Crippen LogP contribution in [0.25, 0.3) is 5.78 Å². The van der Waals surface area contributed by atoms with E-state index in [0.717, 1.165) is 30.3 Å². The molecule has 6 heteroatoms. The molecule has 84 valence electrons. The van der Waals surface area contributed by atoms with E-state index < -0.39 is 0 Å². The molecule has 0 spiro atoms. The van der Waals surface area contributed by atoms with Gasteiger partial charge in [0.1, 0.15) is 12.0 Å². The molecule has 2 aromatic rings. The first-order valence-corrected chi connectivity index (χ1v) is 5.31. The van der Waals surface area contributed by atoms with Crippen molar-refractivity contribution in [2.45, 2.75) is 6.92 Å². The monoisotopic (exact) mass is 218 g/mol. The average molecular weight is 218 g/mol. The minimum atomic E-state index is 0.665. The van der Waals surface area contributed by atoms with E-state index in [0.29, 0.717) is 5.78 Å². The normalized spacial score (nSPS) is 15.7. The van der Waals surface area contributed by atoms with Gasteiger partial charge in [-0.2, -0.15) is 14.6 Å². The fourth-order valence-corrected chi connectivity index (χ4v) is 2.23. The van der Waals surface area contributed by atoms with Gasteiger partial charge >= 0.3 is 0 Å². The van der Waals surface area contributed by atoms with Crippen LogP contribution in [0.5, 0.6) is 0 Å². The molecule has 0 bridgehead atoms. The van der Waals surface area contributed by atoms with Crippen molar-refractivity contribution in [3.63, 3.8) is 0 Å². The molecule has 0 fully saturated rings. The van der Waals surface area contributed by atoms with E-state index in [4.69, 9.17) is 0 Å². The molecule has 0 N–H and O–H groups in total. The third kappa shape index (κ3) is 1.09. The second kappa shape index (κ2) is 3.07. The second-order valence-electron chi connectivity index (χ2n) is 4.18. The van der Waals surface area contributed by atoms with Gasteiger partial charge in [-0.05, 0) is 6.92 Å². The quantitative estimate of drug-likeness (QED) is 0.637. The molecule has 0 unspecified atom stereocenters. The third-order valence-electron chi connectivity index (χ3n) is 3.07. The lowest BCUT2D eigenvalue weighted by Crippen LogP contribution is -2.39. The maximum Gasteiger partial charge on any atom is 0.254 e. The number of aromatic nitrogens is 4. The lowest BCUT2D eigenvalue weighted by molar-refractivity contribution is 0.745. The Bertz CT molecular complexity index is 545. The first kappa shape index (κ1) is 9.38. The van der Waals surface area contributed by atoms with Gasteiger partial charge in [0.2, 0.25) is 0 Å². The van der Waals surface area contributed by atoms with E-state index >= 15 is 0 Å². The summed E-state index contributed by atoms with van der Waals surface area (Å²) in [5.74, 6) is 1.74. The predicted octanol–water partition coefficient (Wildman–Crippen LogP) is 0.319. The van der Waals surface area contributed by atoms with Gasteiger partial charge < -0.3 is 9.80 Å². The number of rotatable bonds is 0. The Balaban J connectivity index is 2.40. The van der Waals surface area contributed by atoms with Crippen molar-refractivity contribution in [1.82, 2.24) is 19.6 Å². The number of fused-ring (bicyclic) bond motifs is 3. The van der Waals surface area contributed by atoms with Gasteiger partial charge in [-0.3, -0.25) is 0 Å². The Morgan fingerprint density at radius 2 is 1.94 bits per heavy atom. The molecule has 0 aromatic carbocycles. The van der Waals surface area contributed by atoms with Crippen molar-refractivity contribution in [3.05, 3.63) is 12.0 Å². The lowest BCUT2D eigenvalue weighted by atomic mass is 10.2. The molecule has 2 aromatic heterocycles. The number of aryl methyl sites for hydroxylation is 1. The van der Waals surface area contributed by atoms with Crippen molar-refractivity contribution in [1.29, 1.82) is 0 Å². The van der Waals surface area contributed by atoms with Crippen molar-refractivity contribution in [2.75, 3.05) is 37.0 Å². The molecular weight excluding hydrogens is 204 g/mol. The number of nitrogens with zero attached hydrogens (tertiary/aromatic N) is 6. The highest BCUT2D eigenvalue weighted by Crippen LogP contribution is 2.33. The zero-order chi connectivity index (χ0) is 11.3. The van der Waals surface area contributed by atoms with Gasteiger partial charge in [-0.1, -0.05) is 0 Å². The summed E-state index contributed by atoms with van der Waals surface area (Å²) >= 11 is 0. The fraction of sp³-hybridized carbons (Fsp3) is 0.500. The standard InChI is InChI=1S/C10H14N6/c1-7-8-9(15(3)5-4-14(8)2)16-10(13-7)11-6-12-16/h6H,4-5H2,1-3H3. The van der Waals surface area contributed by atoms with Crippen LogP contribution in [-0.2, 0) is 0 Å². The minimum absolute atomic E-state index is 0.665.